The number of carbonyl (C=O) groups is 1. The van der Waals surface area contributed by atoms with E-state index in [1.807, 2.05) is 11.8 Å². The van der Waals surface area contributed by atoms with Crippen LogP contribution in [0.4, 0.5) is 0 Å². The van der Waals surface area contributed by atoms with Crippen molar-refractivity contribution >= 4 is 35.0 Å². The smallest absolute Gasteiger partial charge is 0.337 e. The average molecular weight is 298 g/mol. The number of fused-ring (bicyclic) bond motifs is 1. The Morgan fingerprint density at radius 3 is 3.00 bits per heavy atom. The number of aromatic carboxylic acids is 1. The van der Waals surface area contributed by atoms with Crippen molar-refractivity contribution < 1.29 is 9.90 Å². The molecule has 1 N–H and O–H groups in total. The van der Waals surface area contributed by atoms with E-state index in [1.165, 1.54) is 6.07 Å². The quantitative estimate of drug-likeness (QED) is 0.923. The highest BCUT2D eigenvalue weighted by molar-refractivity contribution is 8.00. The Balaban J connectivity index is 2.24. The summed E-state index contributed by atoms with van der Waals surface area (Å²) in [7, 11) is 0. The molecule has 5 nitrogen and oxygen atoms in total. The molecule has 1 saturated heterocycles. The molecule has 1 fully saturated rings. The topological polar surface area (TPSA) is 67.5 Å². The molecule has 1 unspecified atom stereocenters. The zero-order valence-electron chi connectivity index (χ0n) is 10.3. The third-order valence-corrected chi connectivity index (χ3v) is 5.19. The summed E-state index contributed by atoms with van der Waals surface area (Å²) in [6.07, 6.45) is 3.68. The van der Waals surface area contributed by atoms with E-state index in [9.17, 15) is 4.79 Å². The van der Waals surface area contributed by atoms with Gasteiger partial charge in [-0.05, 0) is 31.6 Å². The number of hydrogen-bond acceptors (Lipinski definition) is 4. The van der Waals surface area contributed by atoms with Crippen molar-refractivity contribution in [2.24, 2.45) is 0 Å². The molecule has 1 atom stereocenters. The molecule has 0 saturated carbocycles. The molecule has 0 radical (unpaired) electrons. The van der Waals surface area contributed by atoms with Gasteiger partial charge < -0.3 is 5.11 Å². The molecule has 2 aromatic heterocycles. The van der Waals surface area contributed by atoms with Gasteiger partial charge in [0, 0.05) is 6.20 Å². The number of aromatic nitrogens is 3. The van der Waals surface area contributed by atoms with Crippen LogP contribution in [0.1, 0.15) is 35.9 Å². The van der Waals surface area contributed by atoms with Crippen molar-refractivity contribution in [3.8, 4) is 0 Å². The molecule has 100 valence electrons. The molecule has 0 spiro atoms. The summed E-state index contributed by atoms with van der Waals surface area (Å²) in [6.45, 7) is 2.11. The minimum absolute atomic E-state index is 0.125. The highest BCUT2D eigenvalue weighted by Gasteiger charge is 2.36. The summed E-state index contributed by atoms with van der Waals surface area (Å²) in [5, 5.41) is 17.7. The van der Waals surface area contributed by atoms with Crippen molar-refractivity contribution in [2.75, 3.05) is 5.75 Å². The maximum atomic E-state index is 11.1. The first-order chi connectivity index (χ1) is 9.01. The van der Waals surface area contributed by atoms with Crippen LogP contribution in [-0.4, -0.2) is 31.4 Å². The third-order valence-electron chi connectivity index (χ3n) is 3.40. The zero-order chi connectivity index (χ0) is 13.6. The first-order valence-corrected chi connectivity index (χ1v) is 7.30. The highest BCUT2D eigenvalue weighted by Crippen LogP contribution is 2.45. The van der Waals surface area contributed by atoms with Gasteiger partial charge in [-0.2, -0.15) is 0 Å². The Morgan fingerprint density at radius 1 is 1.58 bits per heavy atom. The molecule has 0 aliphatic carbocycles. The zero-order valence-corrected chi connectivity index (χ0v) is 11.8. The maximum Gasteiger partial charge on any atom is 0.337 e. The lowest BCUT2D eigenvalue weighted by Crippen LogP contribution is -2.17. The highest BCUT2D eigenvalue weighted by atomic mass is 35.5. The summed E-state index contributed by atoms with van der Waals surface area (Å²) < 4.78 is 1.59. The van der Waals surface area contributed by atoms with Gasteiger partial charge in [-0.25, -0.2) is 4.79 Å². The van der Waals surface area contributed by atoms with Crippen LogP contribution < -0.4 is 0 Å². The summed E-state index contributed by atoms with van der Waals surface area (Å²) in [4.78, 5) is 11.1. The van der Waals surface area contributed by atoms with Crippen LogP contribution in [0.3, 0.4) is 0 Å². The summed E-state index contributed by atoms with van der Waals surface area (Å²) in [6, 6.07) is 1.40. The second-order valence-corrected chi connectivity index (χ2v) is 6.79. The molecular weight excluding hydrogens is 286 g/mol. The average Bonchev–Trinajstić information content (AvgIpc) is 2.96. The lowest BCUT2D eigenvalue weighted by atomic mass is 10.1. The Morgan fingerprint density at radius 2 is 2.37 bits per heavy atom. The molecule has 7 heteroatoms. The number of hydrogen-bond donors (Lipinski definition) is 1. The number of carboxylic acid groups (broad SMARTS) is 1. The van der Waals surface area contributed by atoms with Gasteiger partial charge in [-0.15, -0.1) is 22.0 Å². The van der Waals surface area contributed by atoms with Crippen LogP contribution >= 0.6 is 23.4 Å². The number of nitrogens with zero attached hydrogens (tertiary/aromatic N) is 3. The Labute approximate surface area is 119 Å². The van der Waals surface area contributed by atoms with Crippen LogP contribution in [-0.2, 0) is 4.75 Å². The van der Waals surface area contributed by atoms with Crippen molar-refractivity contribution in [2.45, 2.75) is 24.5 Å². The first kappa shape index (κ1) is 12.7. The number of rotatable bonds is 2. The fourth-order valence-electron chi connectivity index (χ4n) is 2.39. The SMILES string of the molecule is CC1(c2nnc3c(Cl)cc(C(=O)O)cn23)CCCS1. The Bertz CT molecular complexity index is 664. The van der Waals surface area contributed by atoms with E-state index >= 15 is 0 Å². The Kier molecular flexibility index (Phi) is 2.94. The van der Waals surface area contributed by atoms with Gasteiger partial charge in [-0.3, -0.25) is 4.40 Å². The van der Waals surface area contributed by atoms with Crippen molar-refractivity contribution in [3.05, 3.63) is 28.7 Å². The van der Waals surface area contributed by atoms with Crippen LogP contribution in [0.2, 0.25) is 5.02 Å². The van der Waals surface area contributed by atoms with Gasteiger partial charge in [0.1, 0.15) is 0 Å². The molecule has 2 aromatic rings. The molecule has 1 aliphatic heterocycles. The van der Waals surface area contributed by atoms with Gasteiger partial charge in [0.05, 0.1) is 15.3 Å². The third kappa shape index (κ3) is 1.99. The lowest BCUT2D eigenvalue weighted by Gasteiger charge is -2.20. The van der Waals surface area contributed by atoms with Gasteiger partial charge in [0.15, 0.2) is 11.5 Å². The van der Waals surface area contributed by atoms with Gasteiger partial charge in [0.2, 0.25) is 0 Å². The van der Waals surface area contributed by atoms with E-state index in [1.54, 1.807) is 10.6 Å². The van der Waals surface area contributed by atoms with Gasteiger partial charge in [-0.1, -0.05) is 11.6 Å². The molecule has 0 aromatic carbocycles. The minimum Gasteiger partial charge on any atom is -0.478 e. The second kappa shape index (κ2) is 4.38. The molecule has 3 rings (SSSR count). The van der Waals surface area contributed by atoms with Crippen molar-refractivity contribution in [3.63, 3.8) is 0 Å². The number of carboxylic acids is 1. The minimum atomic E-state index is -1.01. The molecular formula is C12H12ClN3O2S. The number of pyridine rings is 1. The van der Waals surface area contributed by atoms with E-state index < -0.39 is 5.97 Å². The number of thioether (sulfide) groups is 1. The van der Waals surface area contributed by atoms with Crippen LogP contribution in [0.15, 0.2) is 12.3 Å². The van der Waals surface area contributed by atoms with E-state index in [0.29, 0.717) is 10.7 Å². The van der Waals surface area contributed by atoms with Gasteiger partial charge >= 0.3 is 5.97 Å². The van der Waals surface area contributed by atoms with Gasteiger partial charge in [0.25, 0.3) is 0 Å². The largest absolute Gasteiger partial charge is 0.478 e. The summed E-state index contributed by atoms with van der Waals surface area (Å²) in [5.41, 5.74) is 0.653. The normalized spacial score (nSPS) is 23.1. The standard InChI is InChI=1S/C12H12ClN3O2S/c1-12(3-2-4-19-12)11-15-14-9-8(13)5-7(10(17)18)6-16(9)11/h5-6H,2-4H2,1H3,(H,17,18). The van der Waals surface area contributed by atoms with E-state index in [-0.39, 0.29) is 10.3 Å². The molecule has 0 bridgehead atoms. The lowest BCUT2D eigenvalue weighted by molar-refractivity contribution is 0.0696. The first-order valence-electron chi connectivity index (χ1n) is 5.93. The van der Waals surface area contributed by atoms with Crippen molar-refractivity contribution in [1.29, 1.82) is 0 Å². The Hall–Kier alpha value is -1.27. The van der Waals surface area contributed by atoms with Crippen LogP contribution in [0.5, 0.6) is 0 Å². The monoisotopic (exact) mass is 297 g/mol. The molecule has 19 heavy (non-hydrogen) atoms. The van der Waals surface area contributed by atoms with E-state index in [4.69, 9.17) is 16.7 Å². The summed E-state index contributed by atoms with van der Waals surface area (Å²) in [5.74, 6) is 0.847. The summed E-state index contributed by atoms with van der Waals surface area (Å²) >= 11 is 7.90. The fourth-order valence-corrected chi connectivity index (χ4v) is 3.93. The molecule has 3 heterocycles. The second-order valence-electron chi connectivity index (χ2n) is 4.78. The van der Waals surface area contributed by atoms with Crippen molar-refractivity contribution in [1.82, 2.24) is 14.6 Å². The maximum absolute atomic E-state index is 11.1. The predicted octanol–water partition coefficient (Wildman–Crippen LogP) is 2.82. The van der Waals surface area contributed by atoms with Crippen LogP contribution in [0, 0.1) is 0 Å². The molecule has 1 aliphatic rings. The number of halogens is 1. The predicted molar refractivity (Wildman–Crippen MR) is 74.0 cm³/mol. The van der Waals surface area contributed by atoms with E-state index in [2.05, 4.69) is 17.1 Å². The van der Waals surface area contributed by atoms with E-state index in [0.717, 1.165) is 24.4 Å². The van der Waals surface area contributed by atoms with Crippen LogP contribution in [0.25, 0.3) is 5.65 Å². The fraction of sp³-hybridized carbons (Fsp3) is 0.417. The molecule has 0 amide bonds.